The van der Waals surface area contributed by atoms with Crippen LogP contribution in [0.5, 0.6) is 0 Å². The molecule has 0 saturated heterocycles. The lowest BCUT2D eigenvalue weighted by Gasteiger charge is -2.45. The summed E-state index contributed by atoms with van der Waals surface area (Å²) in [5.74, 6) is -0.752. The van der Waals surface area contributed by atoms with Gasteiger partial charge in [0.2, 0.25) is 0 Å². The highest BCUT2D eigenvalue weighted by molar-refractivity contribution is 5.79. The van der Waals surface area contributed by atoms with Gasteiger partial charge in [-0.05, 0) is 24.2 Å². The van der Waals surface area contributed by atoms with Crippen molar-refractivity contribution in [2.24, 2.45) is 17.1 Å². The van der Waals surface area contributed by atoms with Crippen LogP contribution in [0.1, 0.15) is 46.5 Å². The quantitative estimate of drug-likeness (QED) is 0.679. The third kappa shape index (κ3) is 1.92. The summed E-state index contributed by atoms with van der Waals surface area (Å²) in [6, 6.07) is 0. The Kier molecular flexibility index (Phi) is 2.91. The van der Waals surface area contributed by atoms with Gasteiger partial charge in [0.15, 0.2) is 0 Å². The Bertz CT molecular complexity index is 232. The first-order chi connectivity index (χ1) is 6.28. The second-order valence-corrected chi connectivity index (χ2v) is 5.51. The largest absolute Gasteiger partial charge is 0.480 e. The molecular weight excluding hydrogens is 178 g/mol. The van der Waals surface area contributed by atoms with Crippen molar-refractivity contribution in [3.05, 3.63) is 0 Å². The lowest BCUT2D eigenvalue weighted by atomic mass is 9.62. The second kappa shape index (κ2) is 3.54. The van der Waals surface area contributed by atoms with E-state index in [9.17, 15) is 9.90 Å². The summed E-state index contributed by atoms with van der Waals surface area (Å²) in [4.78, 5) is 11.2. The van der Waals surface area contributed by atoms with Crippen LogP contribution in [0.4, 0.5) is 0 Å². The van der Waals surface area contributed by atoms with Crippen molar-refractivity contribution in [3.8, 4) is 0 Å². The highest BCUT2D eigenvalue weighted by Crippen LogP contribution is 2.43. The van der Waals surface area contributed by atoms with Gasteiger partial charge in [-0.3, -0.25) is 4.79 Å². The van der Waals surface area contributed by atoms with Crippen LogP contribution in [-0.2, 0) is 4.79 Å². The van der Waals surface area contributed by atoms with Gasteiger partial charge < -0.3 is 10.8 Å². The molecule has 0 heterocycles. The normalized spacial score (nSPS) is 34.1. The van der Waals surface area contributed by atoms with E-state index in [1.54, 1.807) is 0 Å². The molecule has 1 aliphatic rings. The molecule has 1 aliphatic carbocycles. The highest BCUT2D eigenvalue weighted by Gasteiger charge is 2.48. The summed E-state index contributed by atoms with van der Waals surface area (Å²) in [5, 5.41) is 9.21. The molecule has 1 saturated carbocycles. The smallest absolute Gasteiger partial charge is 0.323 e. The lowest BCUT2D eigenvalue weighted by molar-refractivity contribution is -0.149. The van der Waals surface area contributed by atoms with Crippen LogP contribution < -0.4 is 5.73 Å². The molecule has 1 rings (SSSR count). The predicted octanol–water partition coefficient (Wildman–Crippen LogP) is 2.00. The molecule has 82 valence electrons. The van der Waals surface area contributed by atoms with Crippen molar-refractivity contribution in [1.82, 2.24) is 0 Å². The maximum atomic E-state index is 11.2. The molecule has 0 aromatic carbocycles. The Balaban J connectivity index is 2.95. The summed E-state index contributed by atoms with van der Waals surface area (Å²) in [6.45, 7) is 6.23. The number of carboxylic acids is 1. The van der Waals surface area contributed by atoms with E-state index in [1.807, 2.05) is 0 Å². The highest BCUT2D eigenvalue weighted by atomic mass is 16.4. The summed E-state index contributed by atoms with van der Waals surface area (Å²) in [7, 11) is 0. The van der Waals surface area contributed by atoms with Gasteiger partial charge in [0, 0.05) is 0 Å². The number of hydrogen-bond donors (Lipinski definition) is 2. The Labute approximate surface area is 85.7 Å². The lowest BCUT2D eigenvalue weighted by Crippen LogP contribution is -2.59. The molecule has 3 N–H and O–H groups in total. The maximum Gasteiger partial charge on any atom is 0.323 e. The molecule has 0 aromatic heterocycles. The average molecular weight is 199 g/mol. The molecule has 0 radical (unpaired) electrons. The van der Waals surface area contributed by atoms with E-state index >= 15 is 0 Å². The molecule has 14 heavy (non-hydrogen) atoms. The second-order valence-electron chi connectivity index (χ2n) is 5.51. The van der Waals surface area contributed by atoms with Gasteiger partial charge in [0.1, 0.15) is 5.54 Å². The van der Waals surface area contributed by atoms with Crippen LogP contribution in [0.3, 0.4) is 0 Å². The minimum atomic E-state index is -1.00. The summed E-state index contributed by atoms with van der Waals surface area (Å²) in [5.41, 5.74) is 5.01. The molecule has 3 heteroatoms. The van der Waals surface area contributed by atoms with Crippen LogP contribution in [0.25, 0.3) is 0 Å². The first-order valence-electron chi connectivity index (χ1n) is 5.31. The summed E-state index contributed by atoms with van der Waals surface area (Å²) < 4.78 is 0. The van der Waals surface area contributed by atoms with Crippen molar-refractivity contribution in [2.75, 3.05) is 0 Å². The maximum absolute atomic E-state index is 11.2. The van der Waals surface area contributed by atoms with Crippen LogP contribution >= 0.6 is 0 Å². The van der Waals surface area contributed by atoms with E-state index in [0.717, 1.165) is 19.3 Å². The first-order valence-corrected chi connectivity index (χ1v) is 5.31. The molecule has 0 aliphatic heterocycles. The zero-order chi connectivity index (χ0) is 11.0. The number of carboxylic acid groups (broad SMARTS) is 1. The zero-order valence-electron chi connectivity index (χ0n) is 9.34. The Morgan fingerprint density at radius 1 is 1.43 bits per heavy atom. The molecule has 0 aromatic rings. The zero-order valence-corrected chi connectivity index (χ0v) is 9.34. The van der Waals surface area contributed by atoms with Gasteiger partial charge in [-0.2, -0.15) is 0 Å². The number of aliphatic carboxylic acids is 1. The van der Waals surface area contributed by atoms with Crippen LogP contribution in [-0.4, -0.2) is 16.6 Å². The van der Waals surface area contributed by atoms with Crippen molar-refractivity contribution in [3.63, 3.8) is 0 Å². The van der Waals surface area contributed by atoms with Crippen molar-refractivity contribution >= 4 is 5.97 Å². The number of hydrogen-bond acceptors (Lipinski definition) is 2. The number of rotatable bonds is 1. The molecule has 0 amide bonds. The van der Waals surface area contributed by atoms with Crippen molar-refractivity contribution < 1.29 is 9.90 Å². The molecular formula is C11H21NO2. The van der Waals surface area contributed by atoms with Crippen LogP contribution in [0.2, 0.25) is 0 Å². The fourth-order valence-corrected chi connectivity index (χ4v) is 2.66. The Morgan fingerprint density at radius 3 is 2.36 bits per heavy atom. The van der Waals surface area contributed by atoms with Gasteiger partial charge in [0.25, 0.3) is 0 Å². The van der Waals surface area contributed by atoms with Crippen LogP contribution in [0.15, 0.2) is 0 Å². The predicted molar refractivity (Wildman–Crippen MR) is 56.0 cm³/mol. The van der Waals surface area contributed by atoms with E-state index in [-0.39, 0.29) is 11.3 Å². The van der Waals surface area contributed by atoms with Gasteiger partial charge in [-0.1, -0.05) is 33.6 Å². The van der Waals surface area contributed by atoms with Gasteiger partial charge in [-0.25, -0.2) is 0 Å². The van der Waals surface area contributed by atoms with Crippen LogP contribution in [0, 0.1) is 11.3 Å². The van der Waals surface area contributed by atoms with E-state index in [1.165, 1.54) is 0 Å². The Morgan fingerprint density at radius 2 is 2.00 bits per heavy atom. The summed E-state index contributed by atoms with van der Waals surface area (Å²) >= 11 is 0. The van der Waals surface area contributed by atoms with E-state index < -0.39 is 11.5 Å². The molecule has 1 fully saturated rings. The van der Waals surface area contributed by atoms with E-state index in [2.05, 4.69) is 20.8 Å². The molecule has 3 nitrogen and oxygen atoms in total. The summed E-state index contributed by atoms with van der Waals surface area (Å²) in [6.07, 6.45) is 3.60. The first kappa shape index (κ1) is 11.5. The van der Waals surface area contributed by atoms with Gasteiger partial charge >= 0.3 is 5.97 Å². The van der Waals surface area contributed by atoms with Gasteiger partial charge in [0.05, 0.1) is 0 Å². The molecule has 0 bridgehead atoms. The Hall–Kier alpha value is -0.570. The number of nitrogens with two attached hydrogens (primary N) is 1. The molecule has 0 spiro atoms. The fourth-order valence-electron chi connectivity index (χ4n) is 2.66. The van der Waals surface area contributed by atoms with Crippen molar-refractivity contribution in [1.29, 1.82) is 0 Å². The third-order valence-corrected chi connectivity index (χ3v) is 3.40. The molecule has 0 unspecified atom stereocenters. The topological polar surface area (TPSA) is 63.3 Å². The monoisotopic (exact) mass is 199 g/mol. The minimum absolute atomic E-state index is 0.0203. The standard InChI is InChI=1S/C11H21NO2/c1-10(2,3)8-6-4-5-7-11(8,12)9(13)14/h8H,4-7,12H2,1-3H3,(H,13,14)/t8-,11-/m1/s1. The minimum Gasteiger partial charge on any atom is -0.480 e. The number of carbonyl (C=O) groups is 1. The van der Waals surface area contributed by atoms with Crippen molar-refractivity contribution in [2.45, 2.75) is 52.0 Å². The van der Waals surface area contributed by atoms with Gasteiger partial charge in [-0.15, -0.1) is 0 Å². The third-order valence-electron chi connectivity index (χ3n) is 3.40. The van der Waals surface area contributed by atoms with E-state index in [4.69, 9.17) is 5.73 Å². The molecule has 2 atom stereocenters. The fraction of sp³-hybridized carbons (Fsp3) is 0.909. The van der Waals surface area contributed by atoms with E-state index in [0.29, 0.717) is 6.42 Å². The SMILES string of the molecule is CC(C)(C)[C@H]1CCCC[C@]1(N)C(=O)O. The average Bonchev–Trinajstić information content (AvgIpc) is 2.02.